The molecule has 5 rings (SSSR count). The summed E-state index contributed by atoms with van der Waals surface area (Å²) < 4.78 is 12.6. The molecule has 0 saturated carbocycles. The number of fused-ring (bicyclic) bond motifs is 5. The predicted molar refractivity (Wildman–Crippen MR) is 125 cm³/mol. The molecule has 180 valence electrons. The molecule has 3 aromatic rings. The Morgan fingerprint density at radius 2 is 2.06 bits per heavy atom. The average molecular weight is 476 g/mol. The molecule has 10 heteroatoms. The van der Waals surface area contributed by atoms with E-state index in [-0.39, 0.29) is 29.9 Å². The van der Waals surface area contributed by atoms with Crippen LogP contribution in [-0.4, -0.2) is 40.0 Å². The van der Waals surface area contributed by atoms with E-state index in [0.717, 1.165) is 16.5 Å². The lowest BCUT2D eigenvalue weighted by Crippen LogP contribution is -2.50. The van der Waals surface area contributed by atoms with E-state index in [1.54, 1.807) is 17.6 Å². The van der Waals surface area contributed by atoms with Gasteiger partial charge in [-0.2, -0.15) is 0 Å². The van der Waals surface area contributed by atoms with Gasteiger partial charge in [-0.05, 0) is 31.5 Å². The Balaban J connectivity index is 1.59. The Labute approximate surface area is 200 Å². The summed E-state index contributed by atoms with van der Waals surface area (Å²) in [6.07, 6.45) is -0.999. The molecule has 3 N–H and O–H groups in total. The van der Waals surface area contributed by atoms with Gasteiger partial charge in [-0.15, -0.1) is 0 Å². The number of carbonyl (C=O) groups excluding carboxylic acids is 3. The number of para-hydroxylation sites is 1. The van der Waals surface area contributed by atoms with E-state index in [1.165, 1.54) is 6.92 Å². The molecule has 0 radical (unpaired) electrons. The highest BCUT2D eigenvalue weighted by atomic mass is 16.6. The largest absolute Gasteiger partial charge is 0.457 e. The monoisotopic (exact) mass is 476 g/mol. The van der Waals surface area contributed by atoms with Crippen molar-refractivity contribution in [1.29, 1.82) is 0 Å². The van der Waals surface area contributed by atoms with E-state index in [0.29, 0.717) is 23.5 Å². The summed E-state index contributed by atoms with van der Waals surface area (Å²) in [4.78, 5) is 55.3. The maximum Gasteiger partial charge on any atom is 0.355 e. The van der Waals surface area contributed by atoms with Crippen LogP contribution in [0.1, 0.15) is 37.0 Å². The van der Waals surface area contributed by atoms with Crippen molar-refractivity contribution in [3.8, 4) is 11.4 Å². The zero-order valence-electron chi connectivity index (χ0n) is 19.3. The van der Waals surface area contributed by atoms with Crippen LogP contribution in [-0.2, 0) is 42.6 Å². The smallest absolute Gasteiger partial charge is 0.355 e. The number of carbonyl (C=O) groups is 3. The molecule has 2 aliphatic rings. The SMILES string of the molecule is CC[C@@]1(OC(=O)CNC(N)C(C)=O)C(=O)OCc2c1cc1n(c2=O)Cc2cc3ccccc3nc2-1. The van der Waals surface area contributed by atoms with Crippen LogP contribution in [0.4, 0.5) is 0 Å². The predicted octanol–water partition coefficient (Wildman–Crippen LogP) is 1.09. The summed E-state index contributed by atoms with van der Waals surface area (Å²) in [6, 6.07) is 11.4. The highest BCUT2D eigenvalue weighted by Crippen LogP contribution is 2.40. The molecular formula is C25H24N4O6. The summed E-state index contributed by atoms with van der Waals surface area (Å²) >= 11 is 0. The lowest BCUT2D eigenvalue weighted by molar-refractivity contribution is -0.189. The minimum Gasteiger partial charge on any atom is -0.457 e. The molecule has 2 aliphatic heterocycles. The number of esters is 2. The third-order valence-corrected chi connectivity index (χ3v) is 6.58. The first-order chi connectivity index (χ1) is 16.7. The Morgan fingerprint density at radius 1 is 1.29 bits per heavy atom. The standard InChI is InChI=1S/C25H24N4O6/c1-3-25(35-20(31)10-27-22(26)13(2)30)17-9-19-21-15(8-14-6-4-5-7-18(14)28-21)11-29(19)23(32)16(17)12-34-24(25)33/h4-9,22,27H,3,10-12,26H2,1-2H3/t22?,25-/m0/s1. The van der Waals surface area contributed by atoms with Crippen molar-refractivity contribution in [2.75, 3.05) is 6.54 Å². The van der Waals surface area contributed by atoms with Gasteiger partial charge in [0.2, 0.25) is 5.60 Å². The van der Waals surface area contributed by atoms with Crippen LogP contribution in [0, 0.1) is 0 Å². The molecule has 0 aliphatic carbocycles. The van der Waals surface area contributed by atoms with Gasteiger partial charge in [-0.25, -0.2) is 9.78 Å². The van der Waals surface area contributed by atoms with E-state index < -0.39 is 30.3 Å². The maximum atomic E-state index is 13.5. The van der Waals surface area contributed by atoms with Crippen molar-refractivity contribution in [1.82, 2.24) is 14.9 Å². The number of ketones is 1. The second kappa shape index (κ2) is 8.40. The molecule has 2 atom stereocenters. The van der Waals surface area contributed by atoms with E-state index in [9.17, 15) is 19.2 Å². The second-order valence-electron chi connectivity index (χ2n) is 8.70. The molecule has 2 aromatic heterocycles. The molecule has 4 heterocycles. The van der Waals surface area contributed by atoms with E-state index >= 15 is 0 Å². The molecular weight excluding hydrogens is 452 g/mol. The first-order valence-corrected chi connectivity index (χ1v) is 11.3. The van der Waals surface area contributed by atoms with Crippen molar-refractivity contribution in [3.63, 3.8) is 0 Å². The number of rotatable bonds is 6. The van der Waals surface area contributed by atoms with Crippen molar-refractivity contribution >= 4 is 28.6 Å². The topological polar surface area (TPSA) is 143 Å². The quantitative estimate of drug-likeness (QED) is 0.309. The summed E-state index contributed by atoms with van der Waals surface area (Å²) in [6.45, 7) is 2.68. The first-order valence-electron chi connectivity index (χ1n) is 11.3. The third-order valence-electron chi connectivity index (χ3n) is 6.58. The average Bonchev–Trinajstić information content (AvgIpc) is 3.20. The number of nitrogens with one attached hydrogen (secondary N) is 1. The van der Waals surface area contributed by atoms with Gasteiger partial charge < -0.3 is 19.8 Å². The number of nitrogens with zero attached hydrogens (tertiary/aromatic N) is 2. The number of hydrogen-bond donors (Lipinski definition) is 2. The van der Waals surface area contributed by atoms with Crippen molar-refractivity contribution in [2.24, 2.45) is 5.73 Å². The van der Waals surface area contributed by atoms with Crippen LogP contribution in [0.2, 0.25) is 0 Å². The fraction of sp³-hybridized carbons (Fsp3) is 0.320. The van der Waals surface area contributed by atoms with Crippen LogP contribution in [0.3, 0.4) is 0 Å². The highest BCUT2D eigenvalue weighted by molar-refractivity contribution is 5.89. The summed E-state index contributed by atoms with van der Waals surface area (Å²) in [5, 5.41) is 3.52. The number of pyridine rings is 2. The fourth-order valence-electron chi connectivity index (χ4n) is 4.65. The summed E-state index contributed by atoms with van der Waals surface area (Å²) in [5.74, 6) is -1.92. The fourth-order valence-corrected chi connectivity index (χ4v) is 4.65. The van der Waals surface area contributed by atoms with Gasteiger partial charge in [0, 0.05) is 16.5 Å². The minimum atomic E-state index is -1.80. The Morgan fingerprint density at radius 3 is 2.80 bits per heavy atom. The van der Waals surface area contributed by atoms with Gasteiger partial charge in [0.1, 0.15) is 12.8 Å². The lowest BCUT2D eigenvalue weighted by atomic mass is 9.85. The number of nitrogens with two attached hydrogens (primary N) is 1. The molecule has 0 spiro atoms. The second-order valence-corrected chi connectivity index (χ2v) is 8.70. The van der Waals surface area contributed by atoms with Gasteiger partial charge in [0.25, 0.3) is 5.56 Å². The molecule has 1 aromatic carbocycles. The summed E-state index contributed by atoms with van der Waals surface area (Å²) in [5.41, 5.74) is 6.91. The van der Waals surface area contributed by atoms with Gasteiger partial charge in [0.15, 0.2) is 5.78 Å². The van der Waals surface area contributed by atoms with Crippen LogP contribution in [0.15, 0.2) is 41.2 Å². The number of benzene rings is 1. The van der Waals surface area contributed by atoms with Gasteiger partial charge in [-0.3, -0.25) is 19.7 Å². The number of Topliss-reactive ketones (excluding diaryl/α,β-unsaturated/α-hetero) is 1. The normalized spacial score (nSPS) is 18.9. The van der Waals surface area contributed by atoms with Gasteiger partial charge >= 0.3 is 11.9 Å². The maximum absolute atomic E-state index is 13.5. The number of ether oxygens (including phenoxy) is 2. The van der Waals surface area contributed by atoms with Gasteiger partial charge in [-0.1, -0.05) is 25.1 Å². The van der Waals surface area contributed by atoms with Crippen LogP contribution < -0.4 is 16.6 Å². The third kappa shape index (κ3) is 3.62. The molecule has 0 saturated heterocycles. The van der Waals surface area contributed by atoms with E-state index in [2.05, 4.69) is 5.32 Å². The van der Waals surface area contributed by atoms with Crippen molar-refractivity contribution in [2.45, 2.75) is 45.2 Å². The van der Waals surface area contributed by atoms with Crippen LogP contribution >= 0.6 is 0 Å². The lowest BCUT2D eigenvalue weighted by Gasteiger charge is -2.35. The molecule has 0 bridgehead atoms. The molecule has 1 unspecified atom stereocenters. The first kappa shape index (κ1) is 22.9. The molecule has 0 amide bonds. The molecule has 35 heavy (non-hydrogen) atoms. The number of cyclic esters (lactones) is 1. The zero-order valence-corrected chi connectivity index (χ0v) is 19.3. The Bertz CT molecular complexity index is 1460. The Kier molecular flexibility index (Phi) is 5.49. The van der Waals surface area contributed by atoms with E-state index in [4.69, 9.17) is 20.2 Å². The minimum absolute atomic E-state index is 0.0459. The van der Waals surface area contributed by atoms with E-state index in [1.807, 2.05) is 30.3 Å². The van der Waals surface area contributed by atoms with Gasteiger partial charge in [0.05, 0.1) is 35.6 Å². The summed E-state index contributed by atoms with van der Waals surface area (Å²) in [7, 11) is 0. The highest BCUT2D eigenvalue weighted by Gasteiger charge is 2.50. The Hall–Kier alpha value is -3.89. The number of hydrogen-bond acceptors (Lipinski definition) is 9. The molecule has 0 fully saturated rings. The number of aromatic nitrogens is 2. The molecule has 10 nitrogen and oxygen atoms in total. The van der Waals surface area contributed by atoms with Crippen molar-refractivity contribution in [3.05, 3.63) is 63.4 Å². The zero-order chi connectivity index (χ0) is 24.9. The van der Waals surface area contributed by atoms with Crippen LogP contribution in [0.25, 0.3) is 22.3 Å². The van der Waals surface area contributed by atoms with Crippen LogP contribution in [0.5, 0.6) is 0 Å². The van der Waals surface area contributed by atoms with Crippen molar-refractivity contribution < 1.29 is 23.9 Å².